The zero-order chi connectivity index (χ0) is 10.3. The summed E-state index contributed by atoms with van der Waals surface area (Å²) in [7, 11) is 0. The Labute approximate surface area is 87.3 Å². The number of benzene rings is 1. The zero-order valence-electron chi connectivity index (χ0n) is 9.59. The van der Waals surface area contributed by atoms with Crippen molar-refractivity contribution in [3.05, 3.63) is 41.3 Å². The van der Waals surface area contributed by atoms with Crippen LogP contribution >= 0.6 is 0 Å². The number of hydrogen-bond donors (Lipinski definition) is 0. The van der Waals surface area contributed by atoms with E-state index in [0.29, 0.717) is 5.92 Å². The number of hydrogen-bond acceptors (Lipinski definition) is 0. The summed E-state index contributed by atoms with van der Waals surface area (Å²) < 4.78 is 0. The van der Waals surface area contributed by atoms with Crippen molar-refractivity contribution in [1.82, 2.24) is 0 Å². The summed E-state index contributed by atoms with van der Waals surface area (Å²) in [6.45, 7) is 9.14. The largest absolute Gasteiger partial charge is 0.0584 e. The van der Waals surface area contributed by atoms with Gasteiger partial charge in [0.1, 0.15) is 0 Å². The van der Waals surface area contributed by atoms with E-state index in [-0.39, 0.29) is 5.41 Å². The predicted molar refractivity (Wildman–Crippen MR) is 61.6 cm³/mol. The van der Waals surface area contributed by atoms with Crippen LogP contribution in [0.25, 0.3) is 0 Å². The molecule has 14 heavy (non-hydrogen) atoms. The van der Waals surface area contributed by atoms with Crippen LogP contribution in [-0.4, -0.2) is 0 Å². The lowest BCUT2D eigenvalue weighted by Gasteiger charge is -2.20. The second-order valence-electron chi connectivity index (χ2n) is 5.43. The summed E-state index contributed by atoms with van der Waals surface area (Å²) in [5.41, 5.74) is 4.72. The molecule has 0 saturated heterocycles. The first-order valence-electron chi connectivity index (χ1n) is 5.46. The van der Waals surface area contributed by atoms with E-state index in [2.05, 4.69) is 52.3 Å². The lowest BCUT2D eigenvalue weighted by molar-refractivity contribution is 0.588. The molecule has 0 aliphatic heterocycles. The third-order valence-electron chi connectivity index (χ3n) is 3.18. The molecule has 2 rings (SSSR count). The summed E-state index contributed by atoms with van der Waals surface area (Å²) in [5.74, 6) is 0.715. The van der Waals surface area contributed by atoms with Crippen molar-refractivity contribution in [3.8, 4) is 0 Å². The van der Waals surface area contributed by atoms with Gasteiger partial charge in [-0.25, -0.2) is 0 Å². The lowest BCUT2D eigenvalue weighted by atomic mass is 9.85. The fourth-order valence-corrected chi connectivity index (χ4v) is 2.08. The standard InChI is InChI=1S/C14H19/c1-10-5-6-11-7-8-12(9-13(10)11)14(2,3)4/h6-10H,5H2,1-4H3/t10-/m1/s1. The van der Waals surface area contributed by atoms with Crippen LogP contribution in [0.4, 0.5) is 0 Å². The normalized spacial score (nSPS) is 21.0. The van der Waals surface area contributed by atoms with Gasteiger partial charge in [-0.15, -0.1) is 0 Å². The molecule has 0 spiro atoms. The Bertz CT molecular complexity index is 342. The summed E-state index contributed by atoms with van der Waals surface area (Å²) in [4.78, 5) is 0. The molecule has 0 N–H and O–H groups in total. The molecule has 0 aromatic heterocycles. The van der Waals surface area contributed by atoms with Crippen LogP contribution in [0.3, 0.4) is 0 Å². The van der Waals surface area contributed by atoms with Crippen LogP contribution in [-0.2, 0) is 5.41 Å². The first-order chi connectivity index (χ1) is 6.48. The smallest absolute Gasteiger partial charge is 0.00842 e. The van der Waals surface area contributed by atoms with Gasteiger partial charge in [0.2, 0.25) is 0 Å². The van der Waals surface area contributed by atoms with Gasteiger partial charge in [-0.1, -0.05) is 45.9 Å². The molecule has 0 heteroatoms. The van der Waals surface area contributed by atoms with Gasteiger partial charge in [0.25, 0.3) is 0 Å². The van der Waals surface area contributed by atoms with Gasteiger partial charge in [0.05, 0.1) is 0 Å². The minimum absolute atomic E-state index is 0.275. The maximum absolute atomic E-state index is 2.39. The van der Waals surface area contributed by atoms with Gasteiger partial charge in [-0.2, -0.15) is 0 Å². The first kappa shape index (κ1) is 9.76. The molecule has 75 valence electrons. The van der Waals surface area contributed by atoms with Crippen LogP contribution < -0.4 is 0 Å². The second-order valence-corrected chi connectivity index (χ2v) is 5.43. The van der Waals surface area contributed by atoms with Gasteiger partial charge in [0, 0.05) is 0 Å². The SMILES string of the molecule is C[C@@H]1C[CH]c2ccc(C(C)(C)C)cc21. The van der Waals surface area contributed by atoms with Crippen LogP contribution in [0.15, 0.2) is 18.2 Å². The van der Waals surface area contributed by atoms with Crippen LogP contribution in [0.1, 0.15) is 56.7 Å². The summed E-state index contributed by atoms with van der Waals surface area (Å²) in [6.07, 6.45) is 3.56. The van der Waals surface area contributed by atoms with Crippen LogP contribution in [0, 0.1) is 6.42 Å². The maximum atomic E-state index is 2.39. The molecule has 1 aliphatic carbocycles. The highest BCUT2D eigenvalue weighted by Gasteiger charge is 2.21. The molecule has 0 amide bonds. The molecular formula is C14H19. The van der Waals surface area contributed by atoms with Gasteiger partial charge < -0.3 is 0 Å². The van der Waals surface area contributed by atoms with Crippen molar-refractivity contribution in [1.29, 1.82) is 0 Å². The van der Waals surface area contributed by atoms with E-state index in [9.17, 15) is 0 Å². The van der Waals surface area contributed by atoms with E-state index in [1.165, 1.54) is 23.1 Å². The Hall–Kier alpha value is -0.780. The average Bonchev–Trinajstić information content (AvgIpc) is 2.46. The van der Waals surface area contributed by atoms with Crippen molar-refractivity contribution < 1.29 is 0 Å². The zero-order valence-corrected chi connectivity index (χ0v) is 9.59. The molecule has 1 atom stereocenters. The van der Waals surface area contributed by atoms with E-state index in [1.807, 2.05) is 0 Å². The molecular weight excluding hydrogens is 168 g/mol. The molecule has 0 saturated carbocycles. The highest BCUT2D eigenvalue weighted by Crippen LogP contribution is 2.36. The molecule has 0 nitrogen and oxygen atoms in total. The molecule has 1 aliphatic rings. The minimum atomic E-state index is 0.275. The van der Waals surface area contributed by atoms with E-state index in [4.69, 9.17) is 0 Å². The van der Waals surface area contributed by atoms with Crippen LogP contribution in [0.5, 0.6) is 0 Å². The van der Waals surface area contributed by atoms with Gasteiger partial charge in [-0.3, -0.25) is 0 Å². The number of fused-ring (bicyclic) bond motifs is 1. The monoisotopic (exact) mass is 187 g/mol. The minimum Gasteiger partial charge on any atom is -0.0584 e. The third-order valence-corrected chi connectivity index (χ3v) is 3.18. The predicted octanol–water partition coefficient (Wildman–Crippen LogP) is 4.04. The maximum Gasteiger partial charge on any atom is -0.00842 e. The Morgan fingerprint density at radius 1 is 1.21 bits per heavy atom. The van der Waals surface area contributed by atoms with Crippen molar-refractivity contribution in [2.75, 3.05) is 0 Å². The van der Waals surface area contributed by atoms with Crippen LogP contribution in [0.2, 0.25) is 0 Å². The van der Waals surface area contributed by atoms with E-state index < -0.39 is 0 Å². The molecule has 0 unspecified atom stereocenters. The topological polar surface area (TPSA) is 0 Å². The van der Waals surface area contributed by atoms with Gasteiger partial charge >= 0.3 is 0 Å². The third kappa shape index (κ3) is 1.58. The Morgan fingerprint density at radius 3 is 2.57 bits per heavy atom. The Balaban J connectivity index is 2.45. The van der Waals surface area contributed by atoms with E-state index in [1.54, 1.807) is 0 Å². The molecule has 1 radical (unpaired) electrons. The van der Waals surface area contributed by atoms with E-state index >= 15 is 0 Å². The highest BCUT2D eigenvalue weighted by molar-refractivity contribution is 5.44. The molecule has 1 aromatic carbocycles. The fraction of sp³-hybridized carbons (Fsp3) is 0.500. The highest BCUT2D eigenvalue weighted by atomic mass is 14.3. The average molecular weight is 187 g/mol. The summed E-state index contributed by atoms with van der Waals surface area (Å²) in [6, 6.07) is 6.94. The van der Waals surface area contributed by atoms with Gasteiger partial charge in [-0.05, 0) is 40.9 Å². The Kier molecular flexibility index (Phi) is 2.17. The first-order valence-corrected chi connectivity index (χ1v) is 5.46. The molecule has 0 bridgehead atoms. The van der Waals surface area contributed by atoms with Crippen molar-refractivity contribution in [2.24, 2.45) is 0 Å². The van der Waals surface area contributed by atoms with Gasteiger partial charge in [0.15, 0.2) is 0 Å². The summed E-state index contributed by atoms with van der Waals surface area (Å²) >= 11 is 0. The quantitative estimate of drug-likeness (QED) is 0.575. The van der Waals surface area contributed by atoms with Crippen molar-refractivity contribution in [3.63, 3.8) is 0 Å². The van der Waals surface area contributed by atoms with E-state index in [0.717, 1.165) is 0 Å². The second kappa shape index (κ2) is 3.12. The lowest BCUT2D eigenvalue weighted by Crippen LogP contribution is -2.11. The molecule has 0 fully saturated rings. The van der Waals surface area contributed by atoms with Crippen molar-refractivity contribution >= 4 is 0 Å². The number of rotatable bonds is 0. The van der Waals surface area contributed by atoms with Crippen molar-refractivity contribution in [2.45, 2.75) is 45.4 Å². The molecule has 1 aromatic rings. The summed E-state index contributed by atoms with van der Waals surface area (Å²) in [5, 5.41) is 0. The molecule has 0 heterocycles. The Morgan fingerprint density at radius 2 is 1.93 bits per heavy atom. The fourth-order valence-electron chi connectivity index (χ4n) is 2.08.